The number of aromatic nitrogens is 2. The van der Waals surface area contributed by atoms with Crippen molar-refractivity contribution in [2.45, 2.75) is 13.1 Å². The minimum atomic E-state index is -4.78. The van der Waals surface area contributed by atoms with Gasteiger partial charge >= 0.3 is 16.5 Å². The molecule has 1 N–H and O–H groups in total. The molecule has 0 atom stereocenters. The van der Waals surface area contributed by atoms with Gasteiger partial charge < -0.3 is 0 Å². The fourth-order valence-electron chi connectivity index (χ4n) is 2.78. The summed E-state index contributed by atoms with van der Waals surface area (Å²) in [6, 6.07) is 13.0. The highest BCUT2D eigenvalue weighted by molar-refractivity contribution is 7.84. The van der Waals surface area contributed by atoms with E-state index in [1.165, 1.54) is 25.1 Å². The summed E-state index contributed by atoms with van der Waals surface area (Å²) in [6.07, 6.45) is -4.64. The first-order chi connectivity index (χ1) is 12.1. The molecule has 0 saturated carbocycles. The van der Waals surface area contributed by atoms with Crippen molar-refractivity contribution in [3.8, 4) is 22.4 Å². The molecule has 3 aromatic rings. The van der Waals surface area contributed by atoms with Crippen LogP contribution in [0.5, 0.6) is 0 Å². The summed E-state index contributed by atoms with van der Waals surface area (Å²) < 4.78 is 73.2. The molecule has 0 unspecified atom stereocenters. The van der Waals surface area contributed by atoms with Crippen molar-refractivity contribution in [1.82, 2.24) is 9.19 Å². The Balaban J connectivity index is 2.41. The summed E-state index contributed by atoms with van der Waals surface area (Å²) in [4.78, 5) is 0. The third-order valence-corrected chi connectivity index (χ3v) is 4.64. The first kappa shape index (κ1) is 18.2. The van der Waals surface area contributed by atoms with Gasteiger partial charge in [-0.15, -0.1) is 4.09 Å². The molecule has 1 aromatic heterocycles. The lowest BCUT2D eigenvalue weighted by Crippen LogP contribution is -2.14. The number of rotatable bonds is 3. The summed E-state index contributed by atoms with van der Waals surface area (Å²) in [7, 11) is -4.78. The quantitative estimate of drug-likeness (QED) is 0.690. The molecule has 0 aliphatic rings. The average Bonchev–Trinajstić information content (AvgIpc) is 2.92. The van der Waals surface area contributed by atoms with Crippen LogP contribution in [0.4, 0.5) is 13.2 Å². The highest BCUT2D eigenvalue weighted by Gasteiger charge is 2.35. The molecule has 0 fully saturated rings. The molecule has 5 nitrogen and oxygen atoms in total. The van der Waals surface area contributed by atoms with Crippen molar-refractivity contribution in [1.29, 1.82) is 0 Å². The molecule has 0 aliphatic heterocycles. The molecular weight excluding hydrogens is 369 g/mol. The second-order valence-electron chi connectivity index (χ2n) is 5.54. The minimum absolute atomic E-state index is 0.0123. The van der Waals surface area contributed by atoms with E-state index in [0.29, 0.717) is 9.65 Å². The van der Waals surface area contributed by atoms with E-state index < -0.39 is 22.0 Å². The van der Waals surface area contributed by atoms with Gasteiger partial charge in [-0.25, -0.2) is 0 Å². The van der Waals surface area contributed by atoms with E-state index in [4.69, 9.17) is 0 Å². The van der Waals surface area contributed by atoms with E-state index in [1.54, 1.807) is 30.3 Å². The largest absolute Gasteiger partial charge is 0.417 e. The van der Waals surface area contributed by atoms with Gasteiger partial charge in [0.2, 0.25) is 0 Å². The molecule has 0 aliphatic carbocycles. The molecule has 0 saturated heterocycles. The standard InChI is InChI=1S/C17H13F3N2O3S/c1-11-15(13-9-5-6-10-14(13)17(18,19)20)16(12-7-3-2-4-8-12)21-22(11)26(23,24)25/h2-10H,1H3,(H,23,24,25). The summed E-state index contributed by atoms with van der Waals surface area (Å²) in [5.74, 6) is 0. The van der Waals surface area contributed by atoms with E-state index in [2.05, 4.69) is 5.10 Å². The zero-order chi connectivity index (χ0) is 19.1. The van der Waals surface area contributed by atoms with Crippen molar-refractivity contribution < 1.29 is 26.1 Å². The van der Waals surface area contributed by atoms with Crippen LogP contribution in [0.25, 0.3) is 22.4 Å². The van der Waals surface area contributed by atoms with Crippen LogP contribution in [0.3, 0.4) is 0 Å². The predicted octanol–water partition coefficient (Wildman–Crippen LogP) is 4.20. The zero-order valence-electron chi connectivity index (χ0n) is 13.4. The lowest BCUT2D eigenvalue weighted by Gasteiger charge is -2.13. The van der Waals surface area contributed by atoms with Gasteiger partial charge in [0.15, 0.2) is 0 Å². The number of hydrogen-bond donors (Lipinski definition) is 1. The van der Waals surface area contributed by atoms with E-state index in [1.807, 2.05) is 0 Å². The Morgan fingerprint density at radius 1 is 1.00 bits per heavy atom. The minimum Gasteiger partial charge on any atom is -0.268 e. The van der Waals surface area contributed by atoms with E-state index in [0.717, 1.165) is 6.07 Å². The van der Waals surface area contributed by atoms with Gasteiger partial charge in [-0.1, -0.05) is 48.5 Å². The Bertz CT molecular complexity index is 1060. The van der Waals surface area contributed by atoms with Crippen LogP contribution in [0, 0.1) is 6.92 Å². The smallest absolute Gasteiger partial charge is 0.268 e. The van der Waals surface area contributed by atoms with Crippen LogP contribution < -0.4 is 0 Å². The third-order valence-electron chi connectivity index (χ3n) is 3.84. The second-order valence-corrected chi connectivity index (χ2v) is 6.78. The molecule has 136 valence electrons. The molecule has 26 heavy (non-hydrogen) atoms. The van der Waals surface area contributed by atoms with Gasteiger partial charge in [-0.3, -0.25) is 4.55 Å². The monoisotopic (exact) mass is 382 g/mol. The van der Waals surface area contributed by atoms with Gasteiger partial charge in [0.1, 0.15) is 5.69 Å². The molecule has 0 amide bonds. The maximum atomic E-state index is 13.4. The number of halogens is 3. The Kier molecular flexibility index (Phi) is 4.37. The molecule has 3 rings (SSSR count). The molecule has 0 bridgehead atoms. The van der Waals surface area contributed by atoms with Crippen molar-refractivity contribution in [2.75, 3.05) is 0 Å². The summed E-state index contributed by atoms with van der Waals surface area (Å²) in [5.41, 5.74) is -0.825. The van der Waals surface area contributed by atoms with Crippen LogP contribution in [0.1, 0.15) is 11.3 Å². The molecular formula is C17H13F3N2O3S. The van der Waals surface area contributed by atoms with Crippen molar-refractivity contribution >= 4 is 10.3 Å². The normalized spacial score (nSPS) is 12.3. The predicted molar refractivity (Wildman–Crippen MR) is 89.8 cm³/mol. The first-order valence-corrected chi connectivity index (χ1v) is 8.80. The van der Waals surface area contributed by atoms with Gasteiger partial charge in [0.25, 0.3) is 0 Å². The zero-order valence-corrected chi connectivity index (χ0v) is 14.2. The SMILES string of the molecule is Cc1c(-c2ccccc2C(F)(F)F)c(-c2ccccc2)nn1S(=O)(=O)O. The van der Waals surface area contributed by atoms with Crippen LogP contribution in [0.2, 0.25) is 0 Å². The topological polar surface area (TPSA) is 72.2 Å². The van der Waals surface area contributed by atoms with Gasteiger partial charge in [0.05, 0.1) is 11.3 Å². The molecule has 0 spiro atoms. The Hall–Kier alpha value is -2.65. The van der Waals surface area contributed by atoms with Crippen LogP contribution in [-0.2, 0) is 16.5 Å². The fraction of sp³-hybridized carbons (Fsp3) is 0.118. The molecule has 2 aromatic carbocycles. The van der Waals surface area contributed by atoms with Gasteiger partial charge in [-0.2, -0.15) is 26.7 Å². The average molecular weight is 382 g/mol. The van der Waals surface area contributed by atoms with Crippen LogP contribution in [0.15, 0.2) is 54.6 Å². The van der Waals surface area contributed by atoms with Crippen molar-refractivity contribution in [3.05, 3.63) is 65.9 Å². The van der Waals surface area contributed by atoms with Gasteiger partial charge in [-0.05, 0) is 18.6 Å². The summed E-state index contributed by atoms with van der Waals surface area (Å²) in [6.45, 7) is 1.29. The molecule has 0 radical (unpaired) electrons. The fourth-order valence-corrected chi connectivity index (χ4v) is 3.40. The second kappa shape index (κ2) is 6.26. The summed E-state index contributed by atoms with van der Waals surface area (Å²) in [5, 5.41) is 3.86. The lowest BCUT2D eigenvalue weighted by molar-refractivity contribution is -0.137. The van der Waals surface area contributed by atoms with Crippen molar-refractivity contribution in [3.63, 3.8) is 0 Å². The number of hydrogen-bond acceptors (Lipinski definition) is 3. The van der Waals surface area contributed by atoms with E-state index in [-0.39, 0.29) is 22.5 Å². The molecule has 9 heteroatoms. The Morgan fingerprint density at radius 2 is 1.58 bits per heavy atom. The Morgan fingerprint density at radius 3 is 2.15 bits per heavy atom. The van der Waals surface area contributed by atoms with E-state index in [9.17, 15) is 26.1 Å². The number of benzene rings is 2. The molecule has 1 heterocycles. The third kappa shape index (κ3) is 3.23. The number of nitrogens with zero attached hydrogens (tertiary/aromatic N) is 2. The van der Waals surface area contributed by atoms with E-state index >= 15 is 0 Å². The lowest BCUT2D eigenvalue weighted by atomic mass is 9.95. The maximum Gasteiger partial charge on any atom is 0.417 e. The van der Waals surface area contributed by atoms with Crippen LogP contribution >= 0.6 is 0 Å². The van der Waals surface area contributed by atoms with Crippen LogP contribution in [-0.4, -0.2) is 22.2 Å². The highest BCUT2D eigenvalue weighted by atomic mass is 32.2. The van der Waals surface area contributed by atoms with Crippen molar-refractivity contribution in [2.24, 2.45) is 0 Å². The van der Waals surface area contributed by atoms with Gasteiger partial charge in [0, 0.05) is 11.1 Å². The first-order valence-electron chi connectivity index (χ1n) is 7.40. The highest BCUT2D eigenvalue weighted by Crippen LogP contribution is 2.42. The Labute approximate surface area is 147 Å². The maximum absolute atomic E-state index is 13.4. The number of alkyl halides is 3. The summed E-state index contributed by atoms with van der Waals surface area (Å²) >= 11 is 0.